The van der Waals surface area contributed by atoms with Gasteiger partial charge < -0.3 is 5.11 Å². The summed E-state index contributed by atoms with van der Waals surface area (Å²) in [6.45, 7) is 5.71. The van der Waals surface area contributed by atoms with Crippen LogP contribution >= 0.6 is 11.6 Å². The van der Waals surface area contributed by atoms with E-state index in [4.69, 9.17) is 16.7 Å². The van der Waals surface area contributed by atoms with E-state index in [1.54, 1.807) is 0 Å². The van der Waals surface area contributed by atoms with E-state index in [0.29, 0.717) is 11.4 Å². The highest BCUT2D eigenvalue weighted by molar-refractivity contribution is 6.31. The molecule has 0 aliphatic rings. The topological polar surface area (TPSA) is 37.3 Å². The molecule has 0 saturated carbocycles. The van der Waals surface area contributed by atoms with Gasteiger partial charge >= 0.3 is 5.97 Å². The molecule has 0 spiro atoms. The number of aliphatic carboxylic acids is 1. The van der Waals surface area contributed by atoms with Crippen molar-refractivity contribution in [1.29, 1.82) is 0 Å². The Hall–Kier alpha value is -1.02. The van der Waals surface area contributed by atoms with Crippen LogP contribution in [0.15, 0.2) is 12.1 Å². The molecule has 1 unspecified atom stereocenters. The van der Waals surface area contributed by atoms with E-state index in [1.165, 1.54) is 0 Å². The van der Waals surface area contributed by atoms with Crippen LogP contribution in [0.2, 0.25) is 5.02 Å². The van der Waals surface area contributed by atoms with Gasteiger partial charge in [-0.1, -0.05) is 24.6 Å². The fourth-order valence-corrected chi connectivity index (χ4v) is 2.32. The van der Waals surface area contributed by atoms with Gasteiger partial charge in [0.25, 0.3) is 0 Å². The van der Waals surface area contributed by atoms with Gasteiger partial charge in [0.2, 0.25) is 0 Å². The molecule has 0 aliphatic carbocycles. The van der Waals surface area contributed by atoms with Gasteiger partial charge in [-0.05, 0) is 43.0 Å². The third-order valence-corrected chi connectivity index (χ3v) is 2.85. The molecule has 1 atom stereocenters. The van der Waals surface area contributed by atoms with E-state index in [1.807, 2.05) is 32.9 Å². The largest absolute Gasteiger partial charge is 0.481 e. The van der Waals surface area contributed by atoms with E-state index in [0.717, 1.165) is 16.7 Å². The number of benzene rings is 1. The number of carboxylic acid groups (broad SMARTS) is 1. The molecule has 0 saturated heterocycles. The molecule has 3 heteroatoms. The van der Waals surface area contributed by atoms with Crippen molar-refractivity contribution >= 4 is 17.6 Å². The second kappa shape index (κ2) is 4.67. The Morgan fingerprint density at radius 2 is 2.07 bits per heavy atom. The van der Waals surface area contributed by atoms with Crippen LogP contribution < -0.4 is 0 Å². The highest BCUT2D eigenvalue weighted by Crippen LogP contribution is 2.31. The zero-order chi connectivity index (χ0) is 11.6. The Morgan fingerprint density at radius 1 is 1.47 bits per heavy atom. The van der Waals surface area contributed by atoms with Crippen LogP contribution in [0.3, 0.4) is 0 Å². The molecular weight excluding hydrogens is 212 g/mol. The molecule has 15 heavy (non-hydrogen) atoms. The molecular formula is C12H15ClO2. The van der Waals surface area contributed by atoms with E-state index >= 15 is 0 Å². The predicted octanol–water partition coefficient (Wildman–Crippen LogP) is 3.54. The van der Waals surface area contributed by atoms with Crippen molar-refractivity contribution < 1.29 is 9.90 Å². The molecule has 82 valence electrons. The third kappa shape index (κ3) is 2.51. The number of aryl methyl sites for hydroxylation is 2. The van der Waals surface area contributed by atoms with Gasteiger partial charge in [-0.25, -0.2) is 0 Å². The summed E-state index contributed by atoms with van der Waals surface area (Å²) in [6.07, 6.45) is 0.555. The zero-order valence-corrected chi connectivity index (χ0v) is 9.93. The average Bonchev–Trinajstić information content (AvgIpc) is 2.09. The van der Waals surface area contributed by atoms with Gasteiger partial charge in [-0.2, -0.15) is 0 Å². The van der Waals surface area contributed by atoms with E-state index in [9.17, 15) is 4.79 Å². The van der Waals surface area contributed by atoms with Crippen LogP contribution in [0.25, 0.3) is 0 Å². The molecule has 0 fully saturated rings. The van der Waals surface area contributed by atoms with Crippen LogP contribution in [0, 0.1) is 13.8 Å². The van der Waals surface area contributed by atoms with Crippen molar-refractivity contribution in [2.45, 2.75) is 33.1 Å². The zero-order valence-electron chi connectivity index (χ0n) is 9.17. The van der Waals surface area contributed by atoms with Crippen LogP contribution in [0.1, 0.15) is 36.0 Å². The van der Waals surface area contributed by atoms with Crippen LogP contribution in [-0.2, 0) is 4.79 Å². The fraction of sp³-hybridized carbons (Fsp3) is 0.417. The second-order valence-corrected chi connectivity index (χ2v) is 4.18. The lowest BCUT2D eigenvalue weighted by Gasteiger charge is -2.15. The average molecular weight is 227 g/mol. The smallest absolute Gasteiger partial charge is 0.311 e. The molecule has 0 aliphatic heterocycles. The monoisotopic (exact) mass is 226 g/mol. The number of hydrogen-bond donors (Lipinski definition) is 1. The number of hydrogen-bond acceptors (Lipinski definition) is 1. The van der Waals surface area contributed by atoms with Gasteiger partial charge in [0, 0.05) is 5.02 Å². The maximum absolute atomic E-state index is 11.1. The lowest BCUT2D eigenvalue weighted by atomic mass is 9.91. The first-order chi connectivity index (χ1) is 6.97. The minimum Gasteiger partial charge on any atom is -0.481 e. The summed E-state index contributed by atoms with van der Waals surface area (Å²) in [4.78, 5) is 11.1. The summed E-state index contributed by atoms with van der Waals surface area (Å²) < 4.78 is 0. The van der Waals surface area contributed by atoms with Crippen LogP contribution in [0.5, 0.6) is 0 Å². The summed E-state index contributed by atoms with van der Waals surface area (Å²) in [6, 6.07) is 3.78. The number of halogens is 1. The van der Waals surface area contributed by atoms with E-state index in [2.05, 4.69) is 0 Å². The Morgan fingerprint density at radius 3 is 2.47 bits per heavy atom. The standard InChI is InChI=1S/C12H15ClO2/c1-4-9(12(14)15)11-8(3)5-7(2)6-10(11)13/h5-6,9H,4H2,1-3H3,(H,14,15). The van der Waals surface area contributed by atoms with Crippen molar-refractivity contribution in [3.63, 3.8) is 0 Å². The summed E-state index contributed by atoms with van der Waals surface area (Å²) >= 11 is 6.09. The van der Waals surface area contributed by atoms with Crippen LogP contribution in [-0.4, -0.2) is 11.1 Å². The quantitative estimate of drug-likeness (QED) is 0.856. The van der Waals surface area contributed by atoms with Crippen molar-refractivity contribution in [3.8, 4) is 0 Å². The van der Waals surface area contributed by atoms with Gasteiger partial charge in [-0.15, -0.1) is 0 Å². The highest BCUT2D eigenvalue weighted by Gasteiger charge is 2.22. The van der Waals surface area contributed by atoms with Crippen molar-refractivity contribution in [2.24, 2.45) is 0 Å². The molecule has 0 amide bonds. The van der Waals surface area contributed by atoms with E-state index < -0.39 is 11.9 Å². The first kappa shape index (κ1) is 12.1. The number of carbonyl (C=O) groups is 1. The molecule has 0 aromatic heterocycles. The second-order valence-electron chi connectivity index (χ2n) is 3.78. The van der Waals surface area contributed by atoms with Gasteiger partial charge in [0.15, 0.2) is 0 Å². The molecule has 1 N–H and O–H groups in total. The number of rotatable bonds is 3. The van der Waals surface area contributed by atoms with Crippen LogP contribution in [0.4, 0.5) is 0 Å². The molecule has 1 rings (SSSR count). The molecule has 1 aromatic carbocycles. The first-order valence-corrected chi connectivity index (χ1v) is 5.34. The molecule has 0 radical (unpaired) electrons. The van der Waals surface area contributed by atoms with Gasteiger partial charge in [0.1, 0.15) is 0 Å². The van der Waals surface area contributed by atoms with Crippen molar-refractivity contribution in [2.75, 3.05) is 0 Å². The van der Waals surface area contributed by atoms with Gasteiger partial charge in [-0.3, -0.25) is 4.79 Å². The SMILES string of the molecule is CCC(C(=O)O)c1c(C)cc(C)cc1Cl. The van der Waals surface area contributed by atoms with Crippen molar-refractivity contribution in [1.82, 2.24) is 0 Å². The minimum atomic E-state index is -0.814. The molecule has 0 heterocycles. The molecule has 0 bridgehead atoms. The summed E-state index contributed by atoms with van der Waals surface area (Å²) in [7, 11) is 0. The lowest BCUT2D eigenvalue weighted by molar-refractivity contribution is -0.138. The number of carboxylic acids is 1. The minimum absolute atomic E-state index is 0.502. The summed E-state index contributed by atoms with van der Waals surface area (Å²) in [5, 5.41) is 9.64. The summed E-state index contributed by atoms with van der Waals surface area (Å²) in [5.74, 6) is -1.32. The fourth-order valence-electron chi connectivity index (χ4n) is 1.87. The Bertz CT molecular complexity index is 362. The third-order valence-electron chi connectivity index (χ3n) is 2.54. The highest BCUT2D eigenvalue weighted by atomic mass is 35.5. The first-order valence-electron chi connectivity index (χ1n) is 4.96. The Kier molecular flexibility index (Phi) is 3.75. The maximum atomic E-state index is 11.1. The normalized spacial score (nSPS) is 12.5. The Balaban J connectivity index is 3.29. The van der Waals surface area contributed by atoms with Crippen molar-refractivity contribution in [3.05, 3.63) is 33.8 Å². The van der Waals surface area contributed by atoms with E-state index in [-0.39, 0.29) is 0 Å². The van der Waals surface area contributed by atoms with Gasteiger partial charge in [0.05, 0.1) is 5.92 Å². The Labute approximate surface area is 94.9 Å². The molecule has 2 nitrogen and oxygen atoms in total. The maximum Gasteiger partial charge on any atom is 0.311 e. The summed E-state index contributed by atoms with van der Waals surface area (Å²) in [5.41, 5.74) is 2.76. The predicted molar refractivity (Wildman–Crippen MR) is 61.6 cm³/mol. The lowest BCUT2D eigenvalue weighted by Crippen LogP contribution is -2.12. The molecule has 1 aromatic rings.